The Kier molecular flexibility index (Phi) is 7.97. The summed E-state index contributed by atoms with van der Waals surface area (Å²) in [6, 6.07) is 3.84. The lowest BCUT2D eigenvalue weighted by molar-refractivity contribution is -0.161. The number of nitrogen functional groups attached to an aromatic ring is 1. The van der Waals surface area contributed by atoms with E-state index in [1.54, 1.807) is 0 Å². The van der Waals surface area contributed by atoms with Crippen LogP contribution in [0.2, 0.25) is 0 Å². The number of amides is 1. The summed E-state index contributed by atoms with van der Waals surface area (Å²) in [5.74, 6) is -5.80. The molecule has 13 nitrogen and oxygen atoms in total. The number of oxime groups is 1. The molecule has 0 aliphatic heterocycles. The van der Waals surface area contributed by atoms with Gasteiger partial charge in [-0.1, -0.05) is 17.3 Å². The normalized spacial score (nSPS) is 12.7. The maximum Gasteiger partial charge on any atom is 0.475 e. The van der Waals surface area contributed by atoms with E-state index in [0.29, 0.717) is 0 Å². The van der Waals surface area contributed by atoms with Crippen molar-refractivity contribution in [2.24, 2.45) is 5.16 Å². The number of rotatable bonds is 10. The highest BCUT2D eigenvalue weighted by Gasteiger charge is 2.33. The van der Waals surface area contributed by atoms with Crippen molar-refractivity contribution in [3.05, 3.63) is 40.4 Å². The molecule has 33 heavy (non-hydrogen) atoms. The Labute approximate surface area is 191 Å². The molecule has 0 saturated heterocycles. The van der Waals surface area contributed by atoms with E-state index in [0.717, 1.165) is 17.4 Å². The highest BCUT2D eigenvalue weighted by Crippen LogP contribution is 2.24. The smallest absolute Gasteiger partial charge is 0.475 e. The number of nitrogens with two attached hydrogens (primary N) is 1. The molecule has 0 fully saturated rings. The molecule has 15 heteroatoms. The van der Waals surface area contributed by atoms with Crippen molar-refractivity contribution in [3.63, 3.8) is 0 Å². The molecule has 176 valence electrons. The summed E-state index contributed by atoms with van der Waals surface area (Å²) >= 11 is 0.970. The minimum Gasteiger partial charge on any atom is -0.507 e. The van der Waals surface area contributed by atoms with Crippen LogP contribution in [0.25, 0.3) is 0 Å². The Morgan fingerprint density at radius 3 is 2.48 bits per heavy atom. The van der Waals surface area contributed by atoms with E-state index in [-0.39, 0.29) is 22.8 Å². The molecule has 0 spiro atoms. The number of thiazole rings is 1. The van der Waals surface area contributed by atoms with Crippen LogP contribution in [0.15, 0.2) is 28.7 Å². The molecule has 0 unspecified atom stereocenters. The number of hydrogen-bond acceptors (Lipinski definition) is 11. The third-order valence-electron chi connectivity index (χ3n) is 4.33. The SMILES string of the molecule is CC(C)(ON=C(C(=O)N[C@@H](Cc1cccc(C(=O)O)c1O)B(O)O)c1csc(N)n1)C(=O)O. The van der Waals surface area contributed by atoms with E-state index in [1.165, 1.54) is 31.4 Å². The molecule has 1 heterocycles. The fourth-order valence-corrected chi connectivity index (χ4v) is 2.98. The molecule has 2 aromatic rings. The van der Waals surface area contributed by atoms with Gasteiger partial charge in [0, 0.05) is 5.38 Å². The molecule has 1 amide bonds. The number of hydrogen-bond donors (Lipinski definition) is 7. The Hall–Kier alpha value is -3.69. The van der Waals surface area contributed by atoms with Gasteiger partial charge >= 0.3 is 19.1 Å². The lowest BCUT2D eigenvalue weighted by Crippen LogP contribution is -2.50. The van der Waals surface area contributed by atoms with E-state index in [2.05, 4.69) is 15.5 Å². The van der Waals surface area contributed by atoms with Gasteiger partial charge in [-0.3, -0.25) is 4.79 Å². The number of nitrogens with zero attached hydrogens (tertiary/aromatic N) is 2. The van der Waals surface area contributed by atoms with Gasteiger partial charge in [-0.05, 0) is 31.9 Å². The maximum absolute atomic E-state index is 12.9. The number of phenols is 1. The molecule has 2 rings (SSSR count). The van der Waals surface area contributed by atoms with Crippen molar-refractivity contribution < 1.29 is 44.6 Å². The molecule has 1 aromatic heterocycles. The number of carbonyl (C=O) groups excluding carboxylic acids is 1. The van der Waals surface area contributed by atoms with E-state index in [4.69, 9.17) is 15.7 Å². The zero-order valence-electron chi connectivity index (χ0n) is 17.4. The maximum atomic E-state index is 12.9. The minimum atomic E-state index is -2.13. The first-order chi connectivity index (χ1) is 15.3. The van der Waals surface area contributed by atoms with Crippen LogP contribution in [-0.4, -0.2) is 72.6 Å². The third kappa shape index (κ3) is 6.41. The van der Waals surface area contributed by atoms with Gasteiger partial charge in [0.05, 0.1) is 5.94 Å². The first-order valence-corrected chi connectivity index (χ1v) is 10.1. The van der Waals surface area contributed by atoms with Crippen molar-refractivity contribution in [1.82, 2.24) is 10.3 Å². The number of aromatic hydroxyl groups is 1. The van der Waals surface area contributed by atoms with Crippen LogP contribution in [0, 0.1) is 0 Å². The van der Waals surface area contributed by atoms with E-state index in [1.807, 2.05) is 0 Å². The highest BCUT2D eigenvalue weighted by molar-refractivity contribution is 7.13. The molecule has 0 radical (unpaired) electrons. The summed E-state index contributed by atoms with van der Waals surface area (Å²) in [5, 5.41) is 55.3. The average Bonchev–Trinajstić information content (AvgIpc) is 3.14. The van der Waals surface area contributed by atoms with Crippen LogP contribution in [0.1, 0.15) is 35.5 Å². The van der Waals surface area contributed by atoms with Gasteiger partial charge in [-0.25, -0.2) is 14.6 Å². The Morgan fingerprint density at radius 1 is 1.30 bits per heavy atom. The van der Waals surface area contributed by atoms with Gasteiger partial charge in [0.15, 0.2) is 10.8 Å². The summed E-state index contributed by atoms with van der Waals surface area (Å²) in [6.45, 7) is 2.39. The van der Waals surface area contributed by atoms with Crippen LogP contribution < -0.4 is 11.1 Å². The number of para-hydroxylation sites is 1. The molecule has 8 N–H and O–H groups in total. The molecule has 1 aromatic carbocycles. The van der Waals surface area contributed by atoms with Crippen LogP contribution in [-0.2, 0) is 20.8 Å². The molecular weight excluding hydrogens is 459 g/mol. The average molecular weight is 480 g/mol. The Morgan fingerprint density at radius 2 is 1.97 bits per heavy atom. The number of aromatic nitrogens is 1. The molecular formula is C18H21BN4O9S. The van der Waals surface area contributed by atoms with Crippen molar-refractivity contribution in [1.29, 1.82) is 0 Å². The molecule has 0 aliphatic rings. The van der Waals surface area contributed by atoms with E-state index >= 15 is 0 Å². The van der Waals surface area contributed by atoms with Crippen molar-refractivity contribution >= 4 is 47.1 Å². The molecule has 0 saturated carbocycles. The van der Waals surface area contributed by atoms with E-state index < -0.39 is 53.5 Å². The molecule has 0 bridgehead atoms. The summed E-state index contributed by atoms with van der Waals surface area (Å²) < 4.78 is 0. The number of anilines is 1. The van der Waals surface area contributed by atoms with E-state index in [9.17, 15) is 34.6 Å². The summed E-state index contributed by atoms with van der Waals surface area (Å²) in [6.07, 6.45) is -0.371. The topological polar surface area (TPSA) is 225 Å². The number of nitrogens with one attached hydrogen (secondary N) is 1. The van der Waals surface area contributed by atoms with Crippen molar-refractivity contribution in [2.45, 2.75) is 31.8 Å². The summed E-state index contributed by atoms with van der Waals surface area (Å²) in [5.41, 5.74) is 2.85. The Bertz CT molecular complexity index is 1090. The van der Waals surface area contributed by atoms with Crippen molar-refractivity contribution in [3.8, 4) is 5.75 Å². The van der Waals surface area contributed by atoms with Crippen LogP contribution in [0.5, 0.6) is 5.75 Å². The number of carboxylic acids is 2. The molecule has 0 aliphatic carbocycles. The highest BCUT2D eigenvalue weighted by atomic mass is 32.1. The van der Waals surface area contributed by atoms with Crippen LogP contribution in [0.4, 0.5) is 5.13 Å². The number of aromatic carboxylic acids is 1. The minimum absolute atomic E-state index is 0.0213. The number of benzene rings is 1. The fraction of sp³-hybridized carbons (Fsp3) is 0.278. The fourth-order valence-electron chi connectivity index (χ4n) is 2.43. The quantitative estimate of drug-likeness (QED) is 0.130. The lowest BCUT2D eigenvalue weighted by atomic mass is 9.75. The second-order valence-electron chi connectivity index (χ2n) is 7.23. The number of carbonyl (C=O) groups is 3. The zero-order chi connectivity index (χ0) is 24.9. The summed E-state index contributed by atoms with van der Waals surface area (Å²) in [7, 11) is -2.13. The van der Waals surface area contributed by atoms with Gasteiger partial charge in [0.2, 0.25) is 5.60 Å². The van der Waals surface area contributed by atoms with Crippen LogP contribution in [0.3, 0.4) is 0 Å². The standard InChI is InChI=1S/C18H21BN4O9S/c1-18(2,16(28)29)32-23-12(10-7-33-17(20)21-10)14(25)22-11(19(30)31)6-8-4-3-5-9(13(8)24)15(26)27/h3-5,7,11,24,30-31H,6H2,1-2H3,(H2,20,21)(H,22,25)(H,26,27)(H,28,29)/t11-/m0/s1. The van der Waals surface area contributed by atoms with Crippen molar-refractivity contribution in [2.75, 3.05) is 5.73 Å². The van der Waals surface area contributed by atoms with Gasteiger partial charge in [-0.2, -0.15) is 0 Å². The van der Waals surface area contributed by atoms with Gasteiger partial charge < -0.3 is 41.3 Å². The summed E-state index contributed by atoms with van der Waals surface area (Å²) in [4.78, 5) is 44.2. The zero-order valence-corrected chi connectivity index (χ0v) is 18.2. The second kappa shape index (κ2) is 10.3. The Balaban J connectivity index is 2.34. The number of carboxylic acid groups (broad SMARTS) is 2. The molecule has 1 atom stereocenters. The first-order valence-electron chi connectivity index (χ1n) is 9.25. The largest absolute Gasteiger partial charge is 0.507 e. The van der Waals surface area contributed by atoms with Gasteiger partial charge in [0.25, 0.3) is 5.91 Å². The monoisotopic (exact) mass is 480 g/mol. The predicted molar refractivity (Wildman–Crippen MR) is 117 cm³/mol. The second-order valence-corrected chi connectivity index (χ2v) is 8.12. The van der Waals surface area contributed by atoms with Crippen LogP contribution >= 0.6 is 11.3 Å². The van der Waals surface area contributed by atoms with Gasteiger partial charge in [-0.15, -0.1) is 11.3 Å². The predicted octanol–water partition coefficient (Wildman–Crippen LogP) is -0.548. The first kappa shape index (κ1) is 25.6. The third-order valence-corrected chi connectivity index (χ3v) is 5.00. The number of aliphatic carboxylic acids is 1. The lowest BCUT2D eigenvalue weighted by Gasteiger charge is -2.20. The van der Waals surface area contributed by atoms with Gasteiger partial charge in [0.1, 0.15) is 17.0 Å².